The van der Waals surface area contributed by atoms with Crippen LogP contribution in [0.15, 0.2) is 12.1 Å². The second-order valence-corrected chi connectivity index (χ2v) is 5.00. The molecule has 8 heteroatoms. The van der Waals surface area contributed by atoms with E-state index in [0.717, 1.165) is 0 Å². The van der Waals surface area contributed by atoms with E-state index in [1.165, 1.54) is 0 Å². The first-order chi connectivity index (χ1) is 9.90. The van der Waals surface area contributed by atoms with E-state index in [1.807, 2.05) is 0 Å². The first-order valence-electron chi connectivity index (χ1n) is 6.51. The number of nitrogens with zero attached hydrogens (tertiary/aromatic N) is 1. The number of rotatable bonds is 3. The van der Waals surface area contributed by atoms with Crippen molar-refractivity contribution < 1.29 is 23.6 Å². The molecule has 1 saturated carbocycles. The zero-order chi connectivity index (χ0) is 15.6. The average molecular weight is 300 g/mol. The van der Waals surface area contributed by atoms with Gasteiger partial charge in [-0.2, -0.15) is 4.39 Å². The Bertz CT molecular complexity index is 580. The van der Waals surface area contributed by atoms with Crippen LogP contribution < -0.4 is 5.32 Å². The lowest BCUT2D eigenvalue weighted by atomic mass is 9.93. The monoisotopic (exact) mass is 300 g/mol. The van der Waals surface area contributed by atoms with Crippen molar-refractivity contribution in [3.05, 3.63) is 39.4 Å². The van der Waals surface area contributed by atoms with Crippen LogP contribution in [0.5, 0.6) is 0 Å². The molecule has 1 aromatic carbocycles. The molecule has 0 aromatic heterocycles. The standard InChI is InChI=1S/C13H14F2N2O4/c14-9-4-5-10(17(20)21)12(15)11(9)13(19)16-7-2-1-3-8(18)6-7/h4-5,7-8,18H,1-3,6H2,(H,16,19). The van der Waals surface area contributed by atoms with Crippen molar-refractivity contribution in [1.29, 1.82) is 0 Å². The largest absolute Gasteiger partial charge is 0.393 e. The summed E-state index contributed by atoms with van der Waals surface area (Å²) in [5, 5.41) is 22.5. The predicted octanol–water partition coefficient (Wildman–Crippen LogP) is 1.91. The van der Waals surface area contributed by atoms with E-state index in [1.54, 1.807) is 0 Å². The molecule has 2 atom stereocenters. The Balaban J connectivity index is 2.22. The highest BCUT2D eigenvalue weighted by atomic mass is 19.1. The van der Waals surface area contributed by atoms with E-state index in [4.69, 9.17) is 0 Å². The maximum Gasteiger partial charge on any atom is 0.305 e. The molecule has 1 aromatic rings. The molecule has 21 heavy (non-hydrogen) atoms. The van der Waals surface area contributed by atoms with Crippen LogP contribution >= 0.6 is 0 Å². The lowest BCUT2D eigenvalue weighted by Crippen LogP contribution is -2.40. The Morgan fingerprint density at radius 2 is 2.10 bits per heavy atom. The van der Waals surface area contributed by atoms with E-state index in [0.29, 0.717) is 37.8 Å². The first kappa shape index (κ1) is 15.3. The molecular formula is C13H14F2N2O4. The second kappa shape index (κ2) is 6.13. The lowest BCUT2D eigenvalue weighted by molar-refractivity contribution is -0.387. The number of hydrogen-bond acceptors (Lipinski definition) is 4. The van der Waals surface area contributed by atoms with Crippen molar-refractivity contribution in [3.8, 4) is 0 Å². The molecule has 0 aliphatic heterocycles. The molecule has 114 valence electrons. The number of carbonyl (C=O) groups excluding carboxylic acids is 1. The van der Waals surface area contributed by atoms with Gasteiger partial charge in [0.2, 0.25) is 5.82 Å². The summed E-state index contributed by atoms with van der Waals surface area (Å²) in [5.41, 5.74) is -1.92. The van der Waals surface area contributed by atoms with E-state index < -0.39 is 45.9 Å². The normalized spacial score (nSPS) is 21.9. The van der Waals surface area contributed by atoms with Crippen LogP contribution in [0.3, 0.4) is 0 Å². The van der Waals surface area contributed by atoms with Gasteiger partial charge in [-0.25, -0.2) is 4.39 Å². The number of benzene rings is 1. The highest BCUT2D eigenvalue weighted by Crippen LogP contribution is 2.24. The number of aliphatic hydroxyl groups excluding tert-OH is 1. The molecule has 1 aliphatic carbocycles. The summed E-state index contributed by atoms with van der Waals surface area (Å²) in [6.07, 6.45) is 1.62. The van der Waals surface area contributed by atoms with Gasteiger partial charge in [0, 0.05) is 12.1 Å². The molecule has 0 radical (unpaired) electrons. The molecule has 0 bridgehead atoms. The number of nitrogens with one attached hydrogen (secondary N) is 1. The average Bonchev–Trinajstić information content (AvgIpc) is 2.38. The smallest absolute Gasteiger partial charge is 0.305 e. The molecule has 1 fully saturated rings. The summed E-state index contributed by atoms with van der Waals surface area (Å²) in [7, 11) is 0. The van der Waals surface area contributed by atoms with Crippen molar-refractivity contribution in [2.24, 2.45) is 0 Å². The zero-order valence-electron chi connectivity index (χ0n) is 11.0. The summed E-state index contributed by atoms with van der Waals surface area (Å²) in [6, 6.07) is 0.955. The van der Waals surface area contributed by atoms with Crippen molar-refractivity contribution in [3.63, 3.8) is 0 Å². The molecule has 0 heterocycles. The Hall–Kier alpha value is -2.09. The maximum atomic E-state index is 13.9. The van der Waals surface area contributed by atoms with Crippen LogP contribution in [0, 0.1) is 21.7 Å². The topological polar surface area (TPSA) is 92.5 Å². The van der Waals surface area contributed by atoms with Gasteiger partial charge in [-0.15, -0.1) is 0 Å². The molecule has 2 rings (SSSR count). The van der Waals surface area contributed by atoms with Crippen LogP contribution in [0.1, 0.15) is 36.0 Å². The number of aliphatic hydroxyl groups is 1. The van der Waals surface area contributed by atoms with Gasteiger partial charge in [0.15, 0.2) is 0 Å². The highest BCUT2D eigenvalue weighted by Gasteiger charge is 2.28. The van der Waals surface area contributed by atoms with Gasteiger partial charge in [-0.3, -0.25) is 14.9 Å². The number of carbonyl (C=O) groups is 1. The molecule has 2 N–H and O–H groups in total. The molecular weight excluding hydrogens is 286 g/mol. The van der Waals surface area contributed by atoms with Gasteiger partial charge in [0.25, 0.3) is 5.91 Å². The van der Waals surface area contributed by atoms with Crippen molar-refractivity contribution in [2.75, 3.05) is 0 Å². The van der Waals surface area contributed by atoms with Gasteiger partial charge >= 0.3 is 5.69 Å². The summed E-state index contributed by atoms with van der Waals surface area (Å²) in [6.45, 7) is 0. The number of nitro groups is 1. The first-order valence-corrected chi connectivity index (χ1v) is 6.51. The Morgan fingerprint density at radius 1 is 1.38 bits per heavy atom. The van der Waals surface area contributed by atoms with Gasteiger partial charge in [-0.1, -0.05) is 0 Å². The van der Waals surface area contributed by atoms with Crippen LogP contribution in [0.4, 0.5) is 14.5 Å². The minimum absolute atomic E-state index is 0.296. The molecule has 2 unspecified atom stereocenters. The van der Waals surface area contributed by atoms with E-state index in [-0.39, 0.29) is 0 Å². The fourth-order valence-corrected chi connectivity index (χ4v) is 2.44. The quantitative estimate of drug-likeness (QED) is 0.658. The Kier molecular flexibility index (Phi) is 4.46. The zero-order valence-corrected chi connectivity index (χ0v) is 11.0. The predicted molar refractivity (Wildman–Crippen MR) is 68.7 cm³/mol. The molecule has 1 aliphatic rings. The lowest BCUT2D eigenvalue weighted by Gasteiger charge is -2.26. The van der Waals surface area contributed by atoms with Gasteiger partial charge in [0.05, 0.1) is 11.0 Å². The number of hydrogen-bond donors (Lipinski definition) is 2. The maximum absolute atomic E-state index is 13.9. The van der Waals surface area contributed by atoms with Crippen molar-refractivity contribution in [1.82, 2.24) is 5.32 Å². The van der Waals surface area contributed by atoms with E-state index in [2.05, 4.69) is 5.32 Å². The minimum atomic E-state index is -1.49. The second-order valence-electron chi connectivity index (χ2n) is 5.00. The van der Waals surface area contributed by atoms with Crippen molar-refractivity contribution >= 4 is 11.6 Å². The third-order valence-electron chi connectivity index (χ3n) is 3.48. The fraction of sp³-hybridized carbons (Fsp3) is 0.462. The number of amides is 1. The Labute approximate surface area is 118 Å². The molecule has 0 saturated heterocycles. The SMILES string of the molecule is O=C(NC1CCCC(O)C1)c1c(F)ccc([N+](=O)[O-])c1F. The van der Waals surface area contributed by atoms with Crippen LogP contribution in [0.2, 0.25) is 0 Å². The molecule has 0 spiro atoms. The third kappa shape index (κ3) is 3.33. The van der Waals surface area contributed by atoms with Gasteiger partial charge in [-0.05, 0) is 31.7 Å². The fourth-order valence-electron chi connectivity index (χ4n) is 2.44. The van der Waals surface area contributed by atoms with E-state index >= 15 is 0 Å². The number of nitro benzene ring substituents is 1. The van der Waals surface area contributed by atoms with Crippen LogP contribution in [-0.2, 0) is 0 Å². The summed E-state index contributed by atoms with van der Waals surface area (Å²) >= 11 is 0. The summed E-state index contributed by atoms with van der Waals surface area (Å²) in [5.74, 6) is -3.70. The summed E-state index contributed by atoms with van der Waals surface area (Å²) < 4.78 is 27.5. The minimum Gasteiger partial charge on any atom is -0.393 e. The van der Waals surface area contributed by atoms with Crippen LogP contribution in [-0.4, -0.2) is 28.1 Å². The highest BCUT2D eigenvalue weighted by molar-refractivity contribution is 5.95. The molecule has 1 amide bonds. The van der Waals surface area contributed by atoms with Crippen molar-refractivity contribution in [2.45, 2.75) is 37.8 Å². The Morgan fingerprint density at radius 3 is 2.71 bits per heavy atom. The number of halogens is 2. The van der Waals surface area contributed by atoms with Crippen LogP contribution in [0.25, 0.3) is 0 Å². The summed E-state index contributed by atoms with van der Waals surface area (Å²) in [4.78, 5) is 21.5. The van der Waals surface area contributed by atoms with E-state index in [9.17, 15) is 28.8 Å². The van der Waals surface area contributed by atoms with Gasteiger partial charge in [0.1, 0.15) is 11.4 Å². The molecule has 6 nitrogen and oxygen atoms in total. The van der Waals surface area contributed by atoms with Gasteiger partial charge < -0.3 is 10.4 Å². The third-order valence-corrected chi connectivity index (χ3v) is 3.48.